The maximum Gasteiger partial charge on any atom is 0.411 e. The Morgan fingerprint density at radius 1 is 1.08 bits per heavy atom. The van der Waals surface area contributed by atoms with Gasteiger partial charge in [-0.3, -0.25) is 9.69 Å². The van der Waals surface area contributed by atoms with Crippen LogP contribution in [-0.2, 0) is 15.9 Å². The van der Waals surface area contributed by atoms with Crippen LogP contribution in [0.4, 0.5) is 4.79 Å². The van der Waals surface area contributed by atoms with Gasteiger partial charge in [-0.15, -0.1) is 0 Å². The largest absolute Gasteiger partial charge is 0.497 e. The number of unbranched alkanes of at least 4 members (excludes halogenated alkanes) is 1. The van der Waals surface area contributed by atoms with Gasteiger partial charge in [0.2, 0.25) is 0 Å². The summed E-state index contributed by atoms with van der Waals surface area (Å²) in [6.45, 7) is 8.73. The SMILES string of the molecule is CCCC[C@H]1Cc2cc(OC)ccc2[C@H](c2ccc(C(=O)NCCOC)cc2)N1C(=O)OC(C)(C)C. The van der Waals surface area contributed by atoms with E-state index in [1.54, 1.807) is 14.2 Å². The highest BCUT2D eigenvalue weighted by molar-refractivity contribution is 5.94. The summed E-state index contributed by atoms with van der Waals surface area (Å²) in [6, 6.07) is 13.2. The number of carbonyl (C=O) groups excluding carboxylic acids is 2. The molecule has 3 rings (SSSR count). The van der Waals surface area contributed by atoms with Crippen molar-refractivity contribution in [3.8, 4) is 5.75 Å². The number of hydrogen-bond donors (Lipinski definition) is 1. The van der Waals surface area contributed by atoms with Crippen LogP contribution in [0, 0.1) is 0 Å². The van der Waals surface area contributed by atoms with E-state index in [4.69, 9.17) is 14.2 Å². The van der Waals surface area contributed by atoms with Crippen LogP contribution >= 0.6 is 0 Å². The minimum absolute atomic E-state index is 0.0126. The van der Waals surface area contributed by atoms with Crippen LogP contribution in [0.25, 0.3) is 0 Å². The second kappa shape index (κ2) is 12.3. The van der Waals surface area contributed by atoms with Crippen molar-refractivity contribution in [1.82, 2.24) is 10.2 Å². The molecule has 0 aliphatic carbocycles. The van der Waals surface area contributed by atoms with Crippen molar-refractivity contribution in [3.63, 3.8) is 0 Å². The summed E-state index contributed by atoms with van der Waals surface area (Å²) >= 11 is 0. The number of rotatable bonds is 9. The van der Waals surface area contributed by atoms with Crippen LogP contribution < -0.4 is 10.1 Å². The maximum atomic E-state index is 13.6. The Morgan fingerprint density at radius 3 is 2.42 bits per heavy atom. The zero-order chi connectivity index (χ0) is 26.3. The van der Waals surface area contributed by atoms with Gasteiger partial charge in [-0.05, 0) is 74.6 Å². The molecule has 1 aliphatic rings. The fraction of sp³-hybridized carbons (Fsp3) is 0.517. The lowest BCUT2D eigenvalue weighted by Crippen LogP contribution is -2.49. The van der Waals surface area contributed by atoms with E-state index in [2.05, 4.69) is 18.3 Å². The first-order chi connectivity index (χ1) is 17.2. The van der Waals surface area contributed by atoms with Crippen molar-refractivity contribution in [2.75, 3.05) is 27.4 Å². The molecule has 0 saturated carbocycles. The molecule has 1 heterocycles. The van der Waals surface area contributed by atoms with Gasteiger partial charge < -0.3 is 19.5 Å². The Kier molecular flexibility index (Phi) is 9.37. The number of methoxy groups -OCH3 is 2. The molecule has 0 unspecified atom stereocenters. The highest BCUT2D eigenvalue weighted by atomic mass is 16.6. The second-order valence-electron chi connectivity index (χ2n) is 10.2. The predicted molar refractivity (Wildman–Crippen MR) is 141 cm³/mol. The fourth-order valence-electron chi connectivity index (χ4n) is 4.64. The Morgan fingerprint density at radius 2 is 1.81 bits per heavy atom. The molecule has 0 bridgehead atoms. The van der Waals surface area contributed by atoms with Crippen molar-refractivity contribution >= 4 is 12.0 Å². The lowest BCUT2D eigenvalue weighted by Gasteiger charge is -2.44. The molecule has 1 aliphatic heterocycles. The topological polar surface area (TPSA) is 77.1 Å². The fourth-order valence-corrected chi connectivity index (χ4v) is 4.64. The summed E-state index contributed by atoms with van der Waals surface area (Å²) in [5.41, 5.74) is 3.10. The second-order valence-corrected chi connectivity index (χ2v) is 10.2. The average Bonchev–Trinajstić information content (AvgIpc) is 2.85. The third-order valence-electron chi connectivity index (χ3n) is 6.35. The van der Waals surface area contributed by atoms with Crippen molar-refractivity contribution < 1.29 is 23.8 Å². The normalized spacial score (nSPS) is 17.3. The number of nitrogens with zero attached hydrogens (tertiary/aromatic N) is 1. The molecular weight excluding hydrogens is 456 g/mol. The minimum Gasteiger partial charge on any atom is -0.497 e. The van der Waals surface area contributed by atoms with Crippen molar-refractivity contribution in [3.05, 3.63) is 64.7 Å². The molecule has 0 saturated heterocycles. The third kappa shape index (κ3) is 6.78. The third-order valence-corrected chi connectivity index (χ3v) is 6.35. The summed E-state index contributed by atoms with van der Waals surface area (Å²) in [6.07, 6.45) is 3.35. The van der Waals surface area contributed by atoms with E-state index >= 15 is 0 Å². The molecule has 196 valence electrons. The molecule has 0 aromatic heterocycles. The molecular formula is C29H40N2O5. The highest BCUT2D eigenvalue weighted by Crippen LogP contribution is 2.41. The van der Waals surface area contributed by atoms with Gasteiger partial charge in [-0.1, -0.05) is 38.0 Å². The number of fused-ring (bicyclic) bond motifs is 1. The van der Waals surface area contributed by atoms with Crippen LogP contribution in [0.3, 0.4) is 0 Å². The molecule has 7 nitrogen and oxygen atoms in total. The van der Waals surface area contributed by atoms with Crippen molar-refractivity contribution in [1.29, 1.82) is 0 Å². The van der Waals surface area contributed by atoms with Gasteiger partial charge in [0.15, 0.2) is 0 Å². The number of benzene rings is 2. The Bertz CT molecular complexity index is 1030. The van der Waals surface area contributed by atoms with Crippen LogP contribution in [-0.4, -0.2) is 55.9 Å². The zero-order valence-corrected chi connectivity index (χ0v) is 22.4. The molecule has 0 radical (unpaired) electrons. The summed E-state index contributed by atoms with van der Waals surface area (Å²) < 4.78 is 16.4. The van der Waals surface area contributed by atoms with Gasteiger partial charge in [0.25, 0.3) is 5.91 Å². The standard InChI is InChI=1S/C29H40N2O5/c1-7-8-9-23-18-22-19-24(35-6)14-15-25(22)26(31(23)28(33)36-29(2,3)4)20-10-12-21(13-11-20)27(32)30-16-17-34-5/h10-15,19,23,26H,7-9,16-18H2,1-6H3,(H,30,32)/t23-,26-/m0/s1. The molecule has 0 spiro atoms. The summed E-state index contributed by atoms with van der Waals surface area (Å²) in [5.74, 6) is 0.646. The van der Waals surface area contributed by atoms with Gasteiger partial charge in [0.1, 0.15) is 11.4 Å². The summed E-state index contributed by atoms with van der Waals surface area (Å²) in [7, 11) is 3.27. The van der Waals surface area contributed by atoms with E-state index in [0.717, 1.165) is 42.6 Å². The molecule has 2 atom stereocenters. The lowest BCUT2D eigenvalue weighted by molar-refractivity contribution is 0.00468. The number of amides is 2. The lowest BCUT2D eigenvalue weighted by atomic mass is 9.83. The number of ether oxygens (including phenoxy) is 3. The minimum atomic E-state index is -0.610. The molecule has 2 aromatic rings. The van der Waals surface area contributed by atoms with Gasteiger partial charge in [-0.25, -0.2) is 4.79 Å². The van der Waals surface area contributed by atoms with Crippen LogP contribution in [0.15, 0.2) is 42.5 Å². The monoisotopic (exact) mass is 496 g/mol. The van der Waals surface area contributed by atoms with E-state index in [0.29, 0.717) is 18.7 Å². The van der Waals surface area contributed by atoms with Crippen LogP contribution in [0.1, 0.15) is 80.0 Å². The van der Waals surface area contributed by atoms with Crippen LogP contribution in [0.2, 0.25) is 0 Å². The Labute approximate surface area is 215 Å². The van der Waals surface area contributed by atoms with Gasteiger partial charge >= 0.3 is 6.09 Å². The zero-order valence-electron chi connectivity index (χ0n) is 22.4. The molecule has 36 heavy (non-hydrogen) atoms. The quantitative estimate of drug-likeness (QED) is 0.463. The van der Waals surface area contributed by atoms with E-state index in [1.807, 2.05) is 62.1 Å². The Balaban J connectivity index is 2.04. The van der Waals surface area contributed by atoms with Gasteiger partial charge in [0, 0.05) is 25.3 Å². The number of hydrogen-bond acceptors (Lipinski definition) is 5. The van der Waals surface area contributed by atoms with Gasteiger partial charge in [0.05, 0.1) is 19.8 Å². The van der Waals surface area contributed by atoms with E-state index in [-0.39, 0.29) is 24.1 Å². The molecule has 7 heteroatoms. The first kappa shape index (κ1) is 27.5. The van der Waals surface area contributed by atoms with Gasteiger partial charge in [-0.2, -0.15) is 0 Å². The van der Waals surface area contributed by atoms with E-state index in [9.17, 15) is 9.59 Å². The maximum absolute atomic E-state index is 13.6. The average molecular weight is 497 g/mol. The first-order valence-corrected chi connectivity index (χ1v) is 12.7. The smallest absolute Gasteiger partial charge is 0.411 e. The van der Waals surface area contributed by atoms with Crippen LogP contribution in [0.5, 0.6) is 5.75 Å². The predicted octanol–water partition coefficient (Wildman–Crippen LogP) is 5.51. The molecule has 0 fully saturated rings. The van der Waals surface area contributed by atoms with E-state index in [1.165, 1.54) is 5.56 Å². The first-order valence-electron chi connectivity index (χ1n) is 12.7. The van der Waals surface area contributed by atoms with Crippen molar-refractivity contribution in [2.24, 2.45) is 0 Å². The summed E-state index contributed by atoms with van der Waals surface area (Å²) in [4.78, 5) is 28.0. The molecule has 2 amide bonds. The molecule has 2 aromatic carbocycles. The van der Waals surface area contributed by atoms with E-state index < -0.39 is 5.60 Å². The Hall–Kier alpha value is -3.06. The highest BCUT2D eigenvalue weighted by Gasteiger charge is 2.40. The van der Waals surface area contributed by atoms with Crippen molar-refractivity contribution in [2.45, 2.75) is 71.1 Å². The summed E-state index contributed by atoms with van der Waals surface area (Å²) in [5, 5.41) is 2.85. The molecule has 1 N–H and O–H groups in total. The number of nitrogens with one attached hydrogen (secondary N) is 1. The number of carbonyl (C=O) groups is 2.